The van der Waals surface area contributed by atoms with Crippen molar-refractivity contribution in [1.82, 2.24) is 0 Å². The predicted molar refractivity (Wildman–Crippen MR) is 78.0 cm³/mol. The van der Waals surface area contributed by atoms with E-state index in [2.05, 4.69) is 0 Å². The van der Waals surface area contributed by atoms with Gasteiger partial charge in [0, 0.05) is 10.9 Å². The van der Waals surface area contributed by atoms with E-state index in [-0.39, 0.29) is 12.5 Å². The van der Waals surface area contributed by atoms with Gasteiger partial charge in [0.15, 0.2) is 0 Å². The minimum atomic E-state index is 0.000746. The van der Waals surface area contributed by atoms with E-state index >= 15 is 0 Å². The van der Waals surface area contributed by atoms with E-state index < -0.39 is 0 Å². The highest BCUT2D eigenvalue weighted by Gasteiger charge is 2.14. The summed E-state index contributed by atoms with van der Waals surface area (Å²) in [4.78, 5) is 0. The van der Waals surface area contributed by atoms with Crippen molar-refractivity contribution in [3.63, 3.8) is 0 Å². The molecule has 0 heterocycles. The molecule has 0 aliphatic rings. The summed E-state index contributed by atoms with van der Waals surface area (Å²) >= 11 is 6.19. The summed E-state index contributed by atoms with van der Waals surface area (Å²) in [5.74, 6) is 0.828. The fraction of sp³-hybridized carbons (Fsp3) is 0.250. The number of hydrogen-bond acceptors (Lipinski definition) is 2. The molecule has 2 aromatic rings. The van der Waals surface area contributed by atoms with Gasteiger partial charge in [0.1, 0.15) is 5.75 Å². The number of halogens is 1. The van der Waals surface area contributed by atoms with E-state index in [1.807, 2.05) is 48.5 Å². The third kappa shape index (κ3) is 3.49. The molecule has 1 N–H and O–H groups in total. The van der Waals surface area contributed by atoms with Crippen molar-refractivity contribution in [3.05, 3.63) is 64.7 Å². The lowest BCUT2D eigenvalue weighted by Crippen LogP contribution is -2.08. The van der Waals surface area contributed by atoms with Crippen LogP contribution >= 0.6 is 11.6 Å². The molecule has 0 saturated heterocycles. The summed E-state index contributed by atoms with van der Waals surface area (Å²) in [6.45, 7) is 0.0704. The maximum absolute atomic E-state index is 9.60. The van der Waals surface area contributed by atoms with Crippen LogP contribution in [0.5, 0.6) is 5.75 Å². The normalized spacial score (nSPS) is 12.2. The van der Waals surface area contributed by atoms with Gasteiger partial charge in [0.05, 0.1) is 13.7 Å². The van der Waals surface area contributed by atoms with Crippen LogP contribution in [0, 0.1) is 0 Å². The fourth-order valence-corrected chi connectivity index (χ4v) is 2.45. The quantitative estimate of drug-likeness (QED) is 0.903. The third-order valence-electron chi connectivity index (χ3n) is 3.18. The highest BCUT2D eigenvalue weighted by Crippen LogP contribution is 2.28. The van der Waals surface area contributed by atoms with Gasteiger partial charge in [-0.1, -0.05) is 41.9 Å². The Hall–Kier alpha value is -1.51. The van der Waals surface area contributed by atoms with Crippen LogP contribution in [0.15, 0.2) is 48.5 Å². The van der Waals surface area contributed by atoms with E-state index in [4.69, 9.17) is 16.3 Å². The highest BCUT2D eigenvalue weighted by molar-refractivity contribution is 6.31. The first-order chi connectivity index (χ1) is 9.24. The topological polar surface area (TPSA) is 29.5 Å². The van der Waals surface area contributed by atoms with Gasteiger partial charge >= 0.3 is 0 Å². The lowest BCUT2D eigenvalue weighted by Gasteiger charge is -2.16. The number of hydrogen-bond donors (Lipinski definition) is 1. The van der Waals surface area contributed by atoms with Crippen LogP contribution in [0.2, 0.25) is 5.02 Å². The van der Waals surface area contributed by atoms with Crippen LogP contribution in [0.1, 0.15) is 17.0 Å². The van der Waals surface area contributed by atoms with Gasteiger partial charge in [-0.05, 0) is 35.7 Å². The fourth-order valence-electron chi connectivity index (χ4n) is 2.16. The zero-order chi connectivity index (χ0) is 13.7. The predicted octanol–water partition coefficient (Wildman–Crippen LogP) is 3.67. The Morgan fingerprint density at radius 2 is 1.95 bits per heavy atom. The van der Waals surface area contributed by atoms with E-state index in [1.54, 1.807) is 7.11 Å². The summed E-state index contributed by atoms with van der Waals surface area (Å²) in [6.07, 6.45) is 0.734. The van der Waals surface area contributed by atoms with E-state index in [0.717, 1.165) is 23.3 Å². The molecule has 0 fully saturated rings. The Balaban J connectivity index is 2.21. The number of methoxy groups -OCH3 is 1. The first kappa shape index (κ1) is 13.9. The Labute approximate surface area is 118 Å². The number of ether oxygens (including phenoxy) is 1. The number of aliphatic hydroxyl groups is 1. The van der Waals surface area contributed by atoms with Crippen molar-refractivity contribution in [2.24, 2.45) is 0 Å². The third-order valence-corrected chi connectivity index (χ3v) is 3.53. The Morgan fingerprint density at radius 1 is 1.16 bits per heavy atom. The Bertz CT molecular complexity index is 540. The molecular weight excluding hydrogens is 260 g/mol. The van der Waals surface area contributed by atoms with Gasteiger partial charge < -0.3 is 9.84 Å². The molecular formula is C16H17ClO2. The van der Waals surface area contributed by atoms with Crippen LogP contribution in [0.4, 0.5) is 0 Å². The maximum Gasteiger partial charge on any atom is 0.119 e. The second-order valence-electron chi connectivity index (χ2n) is 4.46. The summed E-state index contributed by atoms with van der Waals surface area (Å²) in [7, 11) is 1.65. The van der Waals surface area contributed by atoms with Crippen LogP contribution in [0.25, 0.3) is 0 Å². The SMILES string of the molecule is COc1cccc(CC(CO)c2ccccc2Cl)c1. The van der Waals surface area contributed by atoms with Crippen molar-refractivity contribution < 1.29 is 9.84 Å². The van der Waals surface area contributed by atoms with Gasteiger partial charge in [-0.3, -0.25) is 0 Å². The van der Waals surface area contributed by atoms with Crippen molar-refractivity contribution in [2.45, 2.75) is 12.3 Å². The number of benzene rings is 2. The molecule has 0 spiro atoms. The molecule has 2 aromatic carbocycles. The summed E-state index contributed by atoms with van der Waals surface area (Å²) in [5, 5.41) is 10.3. The number of rotatable bonds is 5. The van der Waals surface area contributed by atoms with Crippen LogP contribution in [0.3, 0.4) is 0 Å². The van der Waals surface area contributed by atoms with Gasteiger partial charge in [0.25, 0.3) is 0 Å². The van der Waals surface area contributed by atoms with Crippen molar-refractivity contribution in [3.8, 4) is 5.75 Å². The molecule has 100 valence electrons. The molecule has 19 heavy (non-hydrogen) atoms. The van der Waals surface area contributed by atoms with E-state index in [9.17, 15) is 5.11 Å². The molecule has 2 rings (SSSR count). The summed E-state index contributed by atoms with van der Waals surface area (Å²) in [6, 6.07) is 15.5. The average molecular weight is 277 g/mol. The van der Waals surface area contributed by atoms with Crippen LogP contribution in [-0.2, 0) is 6.42 Å². The summed E-state index contributed by atoms with van der Waals surface area (Å²) < 4.78 is 5.21. The second kappa shape index (κ2) is 6.60. The molecule has 0 aliphatic carbocycles. The summed E-state index contributed by atoms with van der Waals surface area (Å²) in [5.41, 5.74) is 2.10. The molecule has 0 amide bonds. The zero-order valence-electron chi connectivity index (χ0n) is 10.8. The maximum atomic E-state index is 9.60. The molecule has 1 unspecified atom stereocenters. The highest BCUT2D eigenvalue weighted by atomic mass is 35.5. The second-order valence-corrected chi connectivity index (χ2v) is 4.86. The Morgan fingerprint density at radius 3 is 2.63 bits per heavy atom. The molecule has 3 heteroatoms. The Kier molecular flexibility index (Phi) is 4.83. The minimum absolute atomic E-state index is 0.000746. The lowest BCUT2D eigenvalue weighted by molar-refractivity contribution is 0.264. The first-order valence-electron chi connectivity index (χ1n) is 6.23. The van der Waals surface area contributed by atoms with Crippen LogP contribution < -0.4 is 4.74 Å². The molecule has 0 saturated carbocycles. The first-order valence-corrected chi connectivity index (χ1v) is 6.60. The largest absolute Gasteiger partial charge is 0.497 e. The molecule has 0 bridgehead atoms. The molecule has 0 aromatic heterocycles. The monoisotopic (exact) mass is 276 g/mol. The van der Waals surface area contributed by atoms with Gasteiger partial charge in [-0.2, -0.15) is 0 Å². The standard InChI is InChI=1S/C16H17ClO2/c1-19-14-6-4-5-12(10-14)9-13(11-18)15-7-2-3-8-16(15)17/h2-8,10,13,18H,9,11H2,1H3. The van der Waals surface area contributed by atoms with E-state index in [1.165, 1.54) is 0 Å². The van der Waals surface area contributed by atoms with Gasteiger partial charge in [-0.25, -0.2) is 0 Å². The van der Waals surface area contributed by atoms with Crippen LogP contribution in [-0.4, -0.2) is 18.8 Å². The average Bonchev–Trinajstić information content (AvgIpc) is 2.46. The molecule has 1 atom stereocenters. The van der Waals surface area contributed by atoms with Crippen molar-refractivity contribution in [2.75, 3.05) is 13.7 Å². The van der Waals surface area contributed by atoms with E-state index in [0.29, 0.717) is 5.02 Å². The van der Waals surface area contributed by atoms with Crippen molar-refractivity contribution >= 4 is 11.6 Å². The smallest absolute Gasteiger partial charge is 0.119 e. The molecule has 0 aliphatic heterocycles. The lowest BCUT2D eigenvalue weighted by atomic mass is 9.92. The van der Waals surface area contributed by atoms with Crippen molar-refractivity contribution in [1.29, 1.82) is 0 Å². The molecule has 0 radical (unpaired) electrons. The minimum Gasteiger partial charge on any atom is -0.497 e. The zero-order valence-corrected chi connectivity index (χ0v) is 11.6. The number of aliphatic hydroxyl groups excluding tert-OH is 1. The van der Waals surface area contributed by atoms with Gasteiger partial charge in [-0.15, -0.1) is 0 Å². The van der Waals surface area contributed by atoms with Gasteiger partial charge in [0.2, 0.25) is 0 Å². The molecule has 2 nitrogen and oxygen atoms in total.